The molecule has 1 unspecified atom stereocenters. The van der Waals surface area contributed by atoms with Gasteiger partial charge in [0.15, 0.2) is 5.82 Å². The summed E-state index contributed by atoms with van der Waals surface area (Å²) >= 11 is 0. The standard InChI is InChI=1S/C25H31F3N8O/c1-6-16(11-25(26,27)28)36-14-30-33-23(36)19-8-7-9-21(31-19)35-13-18-17(24(35)37)10-22(34(5)15(2)3)32-20(18)12-29-4/h7-10,14-16,29H,6,11-13H2,1-5H3. The van der Waals surface area contributed by atoms with Crippen molar-refractivity contribution in [3.8, 4) is 11.5 Å². The number of pyridine rings is 2. The molecular formula is C25H31F3N8O. The SMILES string of the molecule is CCC(CC(F)(F)F)n1cnnc1-c1cccc(N2Cc3c(cc(N(C)C(C)C)nc3CNC)C2=O)n1. The highest BCUT2D eigenvalue weighted by Gasteiger charge is 2.35. The molecule has 0 bridgehead atoms. The van der Waals surface area contributed by atoms with Crippen LogP contribution < -0.4 is 15.1 Å². The fourth-order valence-corrected chi connectivity index (χ4v) is 4.39. The quantitative estimate of drug-likeness (QED) is 0.452. The number of hydrogen-bond acceptors (Lipinski definition) is 7. The average molecular weight is 517 g/mol. The number of fused-ring (bicyclic) bond motifs is 1. The van der Waals surface area contributed by atoms with Crippen LogP contribution in [0, 0.1) is 0 Å². The van der Waals surface area contributed by atoms with E-state index in [0.29, 0.717) is 36.0 Å². The lowest BCUT2D eigenvalue weighted by atomic mass is 10.1. The second kappa shape index (κ2) is 10.4. The third-order valence-electron chi connectivity index (χ3n) is 6.61. The van der Waals surface area contributed by atoms with Crippen molar-refractivity contribution in [3.05, 3.63) is 47.4 Å². The third-order valence-corrected chi connectivity index (χ3v) is 6.61. The second-order valence-corrected chi connectivity index (χ2v) is 9.40. The van der Waals surface area contributed by atoms with Gasteiger partial charge in [-0.05, 0) is 45.5 Å². The Morgan fingerprint density at radius 2 is 1.97 bits per heavy atom. The molecule has 198 valence electrons. The summed E-state index contributed by atoms with van der Waals surface area (Å²) in [4.78, 5) is 26.5. The lowest BCUT2D eigenvalue weighted by molar-refractivity contribution is -0.143. The summed E-state index contributed by atoms with van der Waals surface area (Å²) < 4.78 is 40.8. The van der Waals surface area contributed by atoms with Crippen molar-refractivity contribution in [2.45, 2.75) is 65.0 Å². The summed E-state index contributed by atoms with van der Waals surface area (Å²) in [5.41, 5.74) is 2.52. The summed E-state index contributed by atoms with van der Waals surface area (Å²) in [5, 5.41) is 11.0. The summed E-state index contributed by atoms with van der Waals surface area (Å²) in [6, 6.07) is 6.21. The first-order valence-electron chi connectivity index (χ1n) is 12.2. The minimum atomic E-state index is -4.33. The fraction of sp³-hybridized carbons (Fsp3) is 0.480. The van der Waals surface area contributed by atoms with Gasteiger partial charge in [-0.3, -0.25) is 9.69 Å². The van der Waals surface area contributed by atoms with E-state index >= 15 is 0 Å². The Labute approximate surface area is 213 Å². The van der Waals surface area contributed by atoms with E-state index < -0.39 is 18.6 Å². The lowest BCUT2D eigenvalue weighted by Crippen LogP contribution is -2.27. The van der Waals surface area contributed by atoms with Crippen LogP contribution in [-0.2, 0) is 13.1 Å². The summed E-state index contributed by atoms with van der Waals surface area (Å²) in [5.74, 6) is 1.11. The highest BCUT2D eigenvalue weighted by atomic mass is 19.4. The zero-order chi connectivity index (χ0) is 26.9. The maximum absolute atomic E-state index is 13.5. The van der Waals surface area contributed by atoms with Gasteiger partial charge in [0.1, 0.15) is 23.7 Å². The van der Waals surface area contributed by atoms with Gasteiger partial charge in [0, 0.05) is 31.2 Å². The van der Waals surface area contributed by atoms with Crippen molar-refractivity contribution in [2.24, 2.45) is 0 Å². The van der Waals surface area contributed by atoms with Gasteiger partial charge in [-0.25, -0.2) is 9.97 Å². The van der Waals surface area contributed by atoms with Crippen LogP contribution in [0.2, 0.25) is 0 Å². The molecule has 4 rings (SSSR count). The summed E-state index contributed by atoms with van der Waals surface area (Å²) in [6.07, 6.45) is -3.78. The Kier molecular flexibility index (Phi) is 7.49. The molecule has 4 heterocycles. The number of hydrogen-bond donors (Lipinski definition) is 1. The Morgan fingerprint density at radius 3 is 2.62 bits per heavy atom. The van der Waals surface area contributed by atoms with E-state index in [9.17, 15) is 18.0 Å². The number of amides is 1. The molecule has 0 radical (unpaired) electrons. The maximum Gasteiger partial charge on any atom is 0.391 e. The van der Waals surface area contributed by atoms with E-state index in [-0.39, 0.29) is 24.2 Å². The predicted octanol–water partition coefficient (Wildman–Crippen LogP) is 4.36. The molecule has 1 amide bonds. The molecule has 9 nitrogen and oxygen atoms in total. The molecule has 0 aromatic carbocycles. The van der Waals surface area contributed by atoms with Gasteiger partial charge < -0.3 is 14.8 Å². The number of nitrogens with one attached hydrogen (secondary N) is 1. The van der Waals surface area contributed by atoms with Gasteiger partial charge in [-0.2, -0.15) is 13.2 Å². The molecule has 12 heteroatoms. The molecule has 0 fully saturated rings. The number of halogens is 3. The van der Waals surface area contributed by atoms with Crippen molar-refractivity contribution >= 4 is 17.5 Å². The normalized spacial score (nSPS) is 14.4. The number of anilines is 2. The summed E-state index contributed by atoms with van der Waals surface area (Å²) in [7, 11) is 3.76. The first-order valence-corrected chi connectivity index (χ1v) is 12.2. The van der Waals surface area contributed by atoms with Crippen LogP contribution in [0.4, 0.5) is 24.8 Å². The van der Waals surface area contributed by atoms with Crippen molar-refractivity contribution in [3.63, 3.8) is 0 Å². The number of alkyl halides is 3. The van der Waals surface area contributed by atoms with E-state index in [2.05, 4.69) is 20.5 Å². The number of nitrogens with zero attached hydrogens (tertiary/aromatic N) is 7. The van der Waals surface area contributed by atoms with Gasteiger partial charge >= 0.3 is 6.18 Å². The fourth-order valence-electron chi connectivity index (χ4n) is 4.39. The average Bonchev–Trinajstić information content (AvgIpc) is 3.47. The van der Waals surface area contributed by atoms with Crippen LogP contribution >= 0.6 is 0 Å². The molecular weight excluding hydrogens is 485 g/mol. The minimum absolute atomic E-state index is 0.195. The molecule has 0 saturated heterocycles. The van der Waals surface area contributed by atoms with E-state index in [1.54, 1.807) is 36.1 Å². The van der Waals surface area contributed by atoms with Crippen molar-refractivity contribution < 1.29 is 18.0 Å². The Morgan fingerprint density at radius 1 is 1.22 bits per heavy atom. The van der Waals surface area contributed by atoms with Crippen LogP contribution in [-0.4, -0.2) is 57.0 Å². The maximum atomic E-state index is 13.5. The molecule has 1 N–H and O–H groups in total. The van der Waals surface area contributed by atoms with Gasteiger partial charge in [-0.15, -0.1) is 10.2 Å². The Balaban J connectivity index is 1.69. The van der Waals surface area contributed by atoms with Crippen LogP contribution in [0.3, 0.4) is 0 Å². The van der Waals surface area contributed by atoms with Gasteiger partial charge in [0.25, 0.3) is 5.91 Å². The van der Waals surface area contributed by atoms with Crippen LogP contribution in [0.15, 0.2) is 30.6 Å². The third kappa shape index (κ3) is 5.43. The predicted molar refractivity (Wildman–Crippen MR) is 134 cm³/mol. The zero-order valence-electron chi connectivity index (χ0n) is 21.5. The van der Waals surface area contributed by atoms with Crippen molar-refractivity contribution in [1.29, 1.82) is 0 Å². The first kappa shape index (κ1) is 26.5. The van der Waals surface area contributed by atoms with Crippen molar-refractivity contribution in [1.82, 2.24) is 30.0 Å². The van der Waals surface area contributed by atoms with Gasteiger partial charge in [0.2, 0.25) is 0 Å². The monoisotopic (exact) mass is 516 g/mol. The molecule has 37 heavy (non-hydrogen) atoms. The molecule has 0 aliphatic carbocycles. The van der Waals surface area contributed by atoms with E-state index in [1.165, 1.54) is 10.9 Å². The molecule has 1 atom stereocenters. The van der Waals surface area contributed by atoms with E-state index in [0.717, 1.165) is 11.3 Å². The highest BCUT2D eigenvalue weighted by Crippen LogP contribution is 2.34. The largest absolute Gasteiger partial charge is 0.391 e. The topological polar surface area (TPSA) is 92.1 Å². The number of carbonyl (C=O) groups excluding carboxylic acids is 1. The number of aromatic nitrogens is 5. The molecule has 3 aromatic heterocycles. The molecule has 3 aromatic rings. The second-order valence-electron chi connectivity index (χ2n) is 9.40. The lowest BCUT2D eigenvalue weighted by Gasteiger charge is -2.24. The van der Waals surface area contributed by atoms with Gasteiger partial charge in [0.05, 0.1) is 24.2 Å². The number of carbonyl (C=O) groups is 1. The van der Waals surface area contributed by atoms with Crippen LogP contribution in [0.5, 0.6) is 0 Å². The summed E-state index contributed by atoms with van der Waals surface area (Å²) in [6.45, 7) is 6.57. The van der Waals surface area contributed by atoms with Gasteiger partial charge in [-0.1, -0.05) is 13.0 Å². The molecule has 0 spiro atoms. The van der Waals surface area contributed by atoms with Crippen LogP contribution in [0.25, 0.3) is 11.5 Å². The smallest absolute Gasteiger partial charge is 0.357 e. The minimum Gasteiger partial charge on any atom is -0.357 e. The molecule has 0 saturated carbocycles. The van der Waals surface area contributed by atoms with Crippen molar-refractivity contribution in [2.75, 3.05) is 23.9 Å². The Bertz CT molecular complexity index is 1270. The van der Waals surface area contributed by atoms with E-state index in [4.69, 9.17) is 4.98 Å². The highest BCUT2D eigenvalue weighted by molar-refractivity contribution is 6.10. The van der Waals surface area contributed by atoms with E-state index in [1.807, 2.05) is 32.8 Å². The first-order chi connectivity index (χ1) is 17.5. The number of rotatable bonds is 9. The Hall–Kier alpha value is -3.54. The molecule has 1 aliphatic rings. The zero-order valence-corrected chi connectivity index (χ0v) is 21.5. The van der Waals surface area contributed by atoms with Crippen LogP contribution in [0.1, 0.15) is 61.3 Å². The molecule has 1 aliphatic heterocycles.